The van der Waals surface area contributed by atoms with E-state index >= 15 is 0 Å². The molecule has 0 saturated heterocycles. The maximum Gasteiger partial charge on any atom is 0.258 e. The van der Waals surface area contributed by atoms with Crippen LogP contribution in [0.5, 0.6) is 5.75 Å². The lowest BCUT2D eigenvalue weighted by Gasteiger charge is -2.33. The predicted octanol–water partition coefficient (Wildman–Crippen LogP) is 2.75. The number of para-hydroxylation sites is 1. The minimum atomic E-state index is -0.0492. The van der Waals surface area contributed by atoms with Crippen molar-refractivity contribution in [1.82, 2.24) is 0 Å². The maximum atomic E-state index is 12.8. The van der Waals surface area contributed by atoms with Crippen LogP contribution in [0, 0.1) is 6.92 Å². The molecule has 21 heavy (non-hydrogen) atoms. The maximum absolute atomic E-state index is 12.8. The van der Waals surface area contributed by atoms with E-state index in [1.165, 1.54) is 0 Å². The van der Waals surface area contributed by atoms with Gasteiger partial charge in [-0.1, -0.05) is 18.2 Å². The van der Waals surface area contributed by atoms with Crippen LogP contribution in [0.4, 0.5) is 5.69 Å². The lowest BCUT2D eigenvalue weighted by Crippen LogP contribution is -2.38. The first-order valence-corrected chi connectivity index (χ1v) is 7.04. The molecule has 1 amide bonds. The molecule has 0 saturated carbocycles. The molecule has 1 atom stereocenters. The van der Waals surface area contributed by atoms with E-state index in [0.29, 0.717) is 12.1 Å². The fourth-order valence-electron chi connectivity index (χ4n) is 2.84. The zero-order valence-electron chi connectivity index (χ0n) is 11.9. The molecule has 4 nitrogen and oxygen atoms in total. The third-order valence-electron chi connectivity index (χ3n) is 3.98. The number of carbonyl (C=O) groups is 1. The van der Waals surface area contributed by atoms with Gasteiger partial charge in [-0.15, -0.1) is 0 Å². The number of rotatable bonds is 1. The highest BCUT2D eigenvalue weighted by atomic mass is 16.3. The molecule has 0 aliphatic carbocycles. The first-order chi connectivity index (χ1) is 10.1. The number of hydrogen-bond donors (Lipinski definition) is 2. The van der Waals surface area contributed by atoms with E-state index in [0.717, 1.165) is 23.2 Å². The number of anilines is 1. The molecule has 108 valence electrons. The third kappa shape index (κ3) is 2.38. The fraction of sp³-hybridized carbons (Fsp3) is 0.235. The van der Waals surface area contributed by atoms with E-state index in [-0.39, 0.29) is 17.7 Å². The molecule has 1 heterocycles. The standard InChI is InChI=1S/C17H18N2O2/c1-11-10-12(20)6-7-13(11)17(21)19-9-8-15(18)14-4-2-3-5-16(14)19/h2-7,10,15,20H,8-9,18H2,1H3. The molecule has 0 radical (unpaired) electrons. The smallest absolute Gasteiger partial charge is 0.258 e. The Hall–Kier alpha value is -2.33. The molecule has 0 spiro atoms. The van der Waals surface area contributed by atoms with Gasteiger partial charge in [-0.05, 0) is 48.7 Å². The monoisotopic (exact) mass is 282 g/mol. The highest BCUT2D eigenvalue weighted by molar-refractivity contribution is 6.07. The van der Waals surface area contributed by atoms with Crippen molar-refractivity contribution in [3.05, 3.63) is 59.2 Å². The van der Waals surface area contributed by atoms with Gasteiger partial charge in [0, 0.05) is 23.8 Å². The largest absolute Gasteiger partial charge is 0.508 e. The molecule has 3 rings (SSSR count). The van der Waals surface area contributed by atoms with Crippen LogP contribution in [-0.4, -0.2) is 17.6 Å². The van der Waals surface area contributed by atoms with E-state index in [1.54, 1.807) is 23.1 Å². The molecule has 0 aromatic heterocycles. The van der Waals surface area contributed by atoms with Crippen LogP contribution in [-0.2, 0) is 0 Å². The number of carbonyl (C=O) groups excluding carboxylic acids is 1. The van der Waals surface area contributed by atoms with Crippen LogP contribution in [0.25, 0.3) is 0 Å². The molecule has 2 aromatic rings. The lowest BCUT2D eigenvalue weighted by atomic mass is 9.96. The van der Waals surface area contributed by atoms with Gasteiger partial charge in [0.25, 0.3) is 5.91 Å². The van der Waals surface area contributed by atoms with Crippen LogP contribution in [0.3, 0.4) is 0 Å². The van der Waals surface area contributed by atoms with Gasteiger partial charge in [-0.25, -0.2) is 0 Å². The van der Waals surface area contributed by atoms with Crippen molar-refractivity contribution in [2.45, 2.75) is 19.4 Å². The summed E-state index contributed by atoms with van der Waals surface area (Å²) in [7, 11) is 0. The number of phenols is 1. The minimum absolute atomic E-state index is 0.0221. The topological polar surface area (TPSA) is 66.6 Å². The zero-order valence-corrected chi connectivity index (χ0v) is 11.9. The number of nitrogens with two attached hydrogens (primary N) is 1. The number of benzene rings is 2. The van der Waals surface area contributed by atoms with Crippen molar-refractivity contribution in [3.8, 4) is 5.75 Å². The quantitative estimate of drug-likeness (QED) is 0.845. The van der Waals surface area contributed by atoms with Gasteiger partial charge in [-0.2, -0.15) is 0 Å². The average molecular weight is 282 g/mol. The summed E-state index contributed by atoms with van der Waals surface area (Å²) >= 11 is 0. The van der Waals surface area contributed by atoms with E-state index < -0.39 is 0 Å². The molecule has 1 unspecified atom stereocenters. The number of aryl methyl sites for hydroxylation is 1. The Morgan fingerprint density at radius 1 is 1.29 bits per heavy atom. The van der Waals surface area contributed by atoms with Crippen LogP contribution in [0.2, 0.25) is 0 Å². The number of hydrogen-bond acceptors (Lipinski definition) is 3. The Morgan fingerprint density at radius 2 is 2.05 bits per heavy atom. The van der Waals surface area contributed by atoms with Crippen molar-refractivity contribution in [2.75, 3.05) is 11.4 Å². The van der Waals surface area contributed by atoms with Crippen LogP contribution in [0.15, 0.2) is 42.5 Å². The number of fused-ring (bicyclic) bond motifs is 1. The average Bonchev–Trinajstić information content (AvgIpc) is 2.47. The number of amides is 1. The molecule has 4 heteroatoms. The van der Waals surface area contributed by atoms with Gasteiger partial charge >= 0.3 is 0 Å². The molecule has 0 fully saturated rings. The van der Waals surface area contributed by atoms with Crippen LogP contribution < -0.4 is 10.6 Å². The van der Waals surface area contributed by atoms with Gasteiger partial charge in [0.15, 0.2) is 0 Å². The molecular weight excluding hydrogens is 264 g/mol. The summed E-state index contributed by atoms with van der Waals surface area (Å²) in [6.07, 6.45) is 0.750. The van der Waals surface area contributed by atoms with Gasteiger partial charge in [0.2, 0.25) is 0 Å². The Labute approximate surface area is 123 Å². The van der Waals surface area contributed by atoms with Crippen molar-refractivity contribution in [3.63, 3.8) is 0 Å². The Balaban J connectivity index is 2.01. The van der Waals surface area contributed by atoms with Crippen LogP contribution >= 0.6 is 0 Å². The summed E-state index contributed by atoms with van der Waals surface area (Å²) in [6.45, 7) is 2.44. The SMILES string of the molecule is Cc1cc(O)ccc1C(=O)N1CCC(N)c2ccccc21. The Bertz CT molecular complexity index is 697. The molecule has 1 aliphatic rings. The summed E-state index contributed by atoms with van der Waals surface area (Å²) in [5, 5.41) is 9.48. The van der Waals surface area contributed by atoms with E-state index in [2.05, 4.69) is 0 Å². The Kier molecular flexibility index (Phi) is 3.39. The number of phenolic OH excluding ortho intramolecular Hbond substituents is 1. The molecule has 1 aliphatic heterocycles. The highest BCUT2D eigenvalue weighted by Gasteiger charge is 2.27. The summed E-state index contributed by atoms with van der Waals surface area (Å²) in [5.41, 5.74) is 9.40. The first-order valence-electron chi connectivity index (χ1n) is 7.04. The van der Waals surface area contributed by atoms with E-state index in [1.807, 2.05) is 31.2 Å². The molecule has 2 aromatic carbocycles. The highest BCUT2D eigenvalue weighted by Crippen LogP contribution is 2.33. The number of aromatic hydroxyl groups is 1. The molecule has 0 bridgehead atoms. The van der Waals surface area contributed by atoms with Crippen LogP contribution in [0.1, 0.15) is 33.9 Å². The normalized spacial score (nSPS) is 17.4. The second-order valence-electron chi connectivity index (χ2n) is 5.41. The van der Waals surface area contributed by atoms with Crippen molar-refractivity contribution >= 4 is 11.6 Å². The van der Waals surface area contributed by atoms with Gasteiger partial charge in [0.1, 0.15) is 5.75 Å². The summed E-state index contributed by atoms with van der Waals surface area (Å²) in [5.74, 6) is 0.122. The van der Waals surface area contributed by atoms with Crippen molar-refractivity contribution in [1.29, 1.82) is 0 Å². The van der Waals surface area contributed by atoms with E-state index in [9.17, 15) is 9.90 Å². The van der Waals surface area contributed by atoms with Gasteiger partial charge in [0.05, 0.1) is 0 Å². The summed E-state index contributed by atoms with van der Waals surface area (Å²) in [4.78, 5) is 14.6. The summed E-state index contributed by atoms with van der Waals surface area (Å²) < 4.78 is 0. The third-order valence-corrected chi connectivity index (χ3v) is 3.98. The minimum Gasteiger partial charge on any atom is -0.508 e. The van der Waals surface area contributed by atoms with Crippen molar-refractivity contribution in [2.24, 2.45) is 5.73 Å². The first kappa shape index (κ1) is 13.6. The van der Waals surface area contributed by atoms with Crippen molar-refractivity contribution < 1.29 is 9.90 Å². The molecular formula is C17H18N2O2. The van der Waals surface area contributed by atoms with Gasteiger partial charge in [-0.3, -0.25) is 4.79 Å². The second-order valence-corrected chi connectivity index (χ2v) is 5.41. The fourth-order valence-corrected chi connectivity index (χ4v) is 2.84. The second kappa shape index (κ2) is 5.22. The Morgan fingerprint density at radius 3 is 2.81 bits per heavy atom. The van der Waals surface area contributed by atoms with E-state index in [4.69, 9.17) is 5.73 Å². The zero-order chi connectivity index (χ0) is 15.0. The number of nitrogens with zero attached hydrogens (tertiary/aromatic N) is 1. The summed E-state index contributed by atoms with van der Waals surface area (Å²) in [6, 6.07) is 12.6. The lowest BCUT2D eigenvalue weighted by molar-refractivity contribution is 0.0983. The van der Waals surface area contributed by atoms with Gasteiger partial charge < -0.3 is 15.7 Å². The molecule has 3 N–H and O–H groups in total. The predicted molar refractivity (Wildman–Crippen MR) is 82.5 cm³/mol.